The molecule has 3 heterocycles. The molecular formula is C17H22O7. The van der Waals surface area contributed by atoms with Gasteiger partial charge < -0.3 is 28.8 Å². The van der Waals surface area contributed by atoms with Crippen molar-refractivity contribution in [2.45, 2.75) is 50.0 Å². The summed E-state index contributed by atoms with van der Waals surface area (Å²) in [5.41, 5.74) is -2.37. The van der Waals surface area contributed by atoms with Gasteiger partial charge in [0.15, 0.2) is 5.60 Å². The predicted octanol–water partition coefficient (Wildman–Crippen LogP) is 0.0528. The average Bonchev–Trinajstić information content (AvgIpc) is 3.09. The Hall–Kier alpha value is -1.17. The van der Waals surface area contributed by atoms with Crippen molar-refractivity contribution in [1.29, 1.82) is 0 Å². The molecule has 4 aliphatic rings. The van der Waals surface area contributed by atoms with E-state index >= 15 is 0 Å². The van der Waals surface area contributed by atoms with Crippen molar-refractivity contribution in [3.8, 4) is 12.3 Å². The quantitative estimate of drug-likeness (QED) is 0.335. The maximum atomic E-state index is 12.5. The largest absolute Gasteiger partial charge is 0.432 e. The lowest BCUT2D eigenvalue weighted by atomic mass is 9.52. The second-order valence-corrected chi connectivity index (χ2v) is 7.48. The maximum Gasteiger partial charge on any atom is 0.314 e. The first-order valence-corrected chi connectivity index (χ1v) is 8.13. The standard InChI is InChI=1S/C17H22O7/c1-5-17-12-11(21-8-20-4)14(24-17)22-13(19)9(7-18)15(12,2)6-10-16(17,3)23-10/h1,9-12,14,18H,6-8H2,2-4H3/t9-,10-,11+,12-,14+,15+,16-,17-/m0/s1. The van der Waals surface area contributed by atoms with Gasteiger partial charge >= 0.3 is 5.97 Å². The van der Waals surface area contributed by atoms with Crippen LogP contribution in [0.5, 0.6) is 0 Å². The molecule has 24 heavy (non-hydrogen) atoms. The summed E-state index contributed by atoms with van der Waals surface area (Å²) in [6, 6.07) is 0. The van der Waals surface area contributed by atoms with Crippen molar-refractivity contribution in [3.63, 3.8) is 0 Å². The highest BCUT2D eigenvalue weighted by atomic mass is 16.8. The van der Waals surface area contributed by atoms with E-state index in [1.54, 1.807) is 0 Å². The molecular weight excluding hydrogens is 316 g/mol. The van der Waals surface area contributed by atoms with Gasteiger partial charge in [0, 0.05) is 13.0 Å². The van der Waals surface area contributed by atoms with Gasteiger partial charge in [-0.05, 0) is 18.8 Å². The van der Waals surface area contributed by atoms with Crippen LogP contribution in [0.15, 0.2) is 0 Å². The van der Waals surface area contributed by atoms with Gasteiger partial charge in [-0.3, -0.25) is 4.79 Å². The fraction of sp³-hybridized carbons (Fsp3) is 0.824. The van der Waals surface area contributed by atoms with Crippen LogP contribution in [-0.4, -0.2) is 61.3 Å². The first-order valence-electron chi connectivity index (χ1n) is 8.13. The topological polar surface area (TPSA) is 86.8 Å². The van der Waals surface area contributed by atoms with E-state index in [0.717, 1.165) is 0 Å². The third-order valence-corrected chi connectivity index (χ3v) is 6.44. The Morgan fingerprint density at radius 2 is 2.17 bits per heavy atom. The number of rotatable bonds is 4. The lowest BCUT2D eigenvalue weighted by Crippen LogP contribution is -2.62. The number of hydrogen-bond donors (Lipinski definition) is 1. The summed E-state index contributed by atoms with van der Waals surface area (Å²) in [6.45, 7) is 3.57. The van der Waals surface area contributed by atoms with E-state index in [-0.39, 0.29) is 25.4 Å². The molecule has 1 aliphatic carbocycles. The van der Waals surface area contributed by atoms with Gasteiger partial charge in [0.05, 0.1) is 18.6 Å². The van der Waals surface area contributed by atoms with Crippen LogP contribution in [0.4, 0.5) is 0 Å². The SMILES string of the molecule is C#C[C@@]12O[C@H]3OC(=O)[C@H](CO)[C@@](C)(C[C@@H]4O[C@@]41C)[C@@H]2[C@H]3OCOC. The summed E-state index contributed by atoms with van der Waals surface area (Å²) < 4.78 is 28.4. The Morgan fingerprint density at radius 3 is 2.79 bits per heavy atom. The number of carbonyl (C=O) groups is 1. The molecule has 3 saturated heterocycles. The van der Waals surface area contributed by atoms with Crippen LogP contribution >= 0.6 is 0 Å². The molecule has 1 N–H and O–H groups in total. The van der Waals surface area contributed by atoms with E-state index in [4.69, 9.17) is 30.1 Å². The number of epoxide rings is 1. The molecule has 4 rings (SSSR count). The highest BCUT2D eigenvalue weighted by Crippen LogP contribution is 2.69. The highest BCUT2D eigenvalue weighted by Gasteiger charge is 2.83. The molecule has 3 aliphatic heterocycles. The van der Waals surface area contributed by atoms with Gasteiger partial charge in [0.25, 0.3) is 0 Å². The summed E-state index contributed by atoms with van der Waals surface area (Å²) in [6.07, 6.45) is 4.87. The summed E-state index contributed by atoms with van der Waals surface area (Å²) in [5.74, 6) is 1.24. The number of hydrogen-bond acceptors (Lipinski definition) is 7. The number of aliphatic hydroxyl groups is 1. The van der Waals surface area contributed by atoms with Crippen LogP contribution in [0.25, 0.3) is 0 Å². The number of terminal acetylenes is 1. The van der Waals surface area contributed by atoms with Gasteiger partial charge in [0.2, 0.25) is 6.29 Å². The molecule has 0 aromatic rings. The van der Waals surface area contributed by atoms with E-state index in [0.29, 0.717) is 6.42 Å². The first-order chi connectivity index (χ1) is 11.4. The van der Waals surface area contributed by atoms with Crippen LogP contribution in [0, 0.1) is 29.6 Å². The van der Waals surface area contributed by atoms with Gasteiger partial charge in [-0.15, -0.1) is 6.42 Å². The van der Waals surface area contributed by atoms with E-state index in [1.807, 2.05) is 13.8 Å². The minimum atomic E-state index is -1.07. The molecule has 1 saturated carbocycles. The number of esters is 1. The van der Waals surface area contributed by atoms with E-state index in [2.05, 4.69) is 5.92 Å². The smallest absolute Gasteiger partial charge is 0.314 e. The lowest BCUT2D eigenvalue weighted by Gasteiger charge is -2.50. The van der Waals surface area contributed by atoms with Crippen LogP contribution in [0.2, 0.25) is 0 Å². The molecule has 0 aromatic heterocycles. The molecule has 4 fully saturated rings. The fourth-order valence-electron chi connectivity index (χ4n) is 5.12. The van der Waals surface area contributed by atoms with Crippen molar-refractivity contribution in [1.82, 2.24) is 0 Å². The van der Waals surface area contributed by atoms with E-state index in [1.165, 1.54) is 7.11 Å². The molecule has 7 heteroatoms. The minimum Gasteiger partial charge on any atom is -0.432 e. The normalized spacial score (nSPS) is 54.5. The Kier molecular flexibility index (Phi) is 3.35. The zero-order valence-corrected chi connectivity index (χ0v) is 14.0. The number of ether oxygens (including phenoxy) is 5. The Labute approximate surface area is 140 Å². The van der Waals surface area contributed by atoms with Crippen molar-refractivity contribution in [2.24, 2.45) is 17.3 Å². The molecule has 0 radical (unpaired) electrons. The molecule has 8 atom stereocenters. The fourth-order valence-corrected chi connectivity index (χ4v) is 5.12. The molecule has 0 unspecified atom stereocenters. The summed E-state index contributed by atoms with van der Waals surface area (Å²) in [5, 5.41) is 9.88. The zero-order chi connectivity index (χ0) is 17.3. The molecule has 132 valence electrons. The predicted molar refractivity (Wildman–Crippen MR) is 79.3 cm³/mol. The summed E-state index contributed by atoms with van der Waals surface area (Å²) in [7, 11) is 1.52. The average molecular weight is 338 g/mol. The Balaban J connectivity index is 1.87. The summed E-state index contributed by atoms with van der Waals surface area (Å²) >= 11 is 0. The zero-order valence-electron chi connectivity index (χ0n) is 14.0. The van der Waals surface area contributed by atoms with Crippen molar-refractivity contribution < 1.29 is 33.6 Å². The third kappa shape index (κ3) is 1.68. The Morgan fingerprint density at radius 1 is 1.42 bits per heavy atom. The number of methoxy groups -OCH3 is 1. The summed E-state index contributed by atoms with van der Waals surface area (Å²) in [4.78, 5) is 12.5. The third-order valence-electron chi connectivity index (χ3n) is 6.44. The molecule has 0 aromatic carbocycles. The molecule has 0 spiro atoms. The monoisotopic (exact) mass is 338 g/mol. The van der Waals surface area contributed by atoms with Gasteiger partial charge in [-0.25, -0.2) is 0 Å². The molecule has 2 bridgehead atoms. The van der Waals surface area contributed by atoms with Crippen LogP contribution in [-0.2, 0) is 28.5 Å². The number of aliphatic hydroxyl groups excluding tert-OH is 1. The van der Waals surface area contributed by atoms with Gasteiger partial charge in [-0.2, -0.15) is 0 Å². The van der Waals surface area contributed by atoms with Gasteiger partial charge in [-0.1, -0.05) is 12.8 Å². The van der Waals surface area contributed by atoms with Crippen molar-refractivity contribution in [3.05, 3.63) is 0 Å². The van der Waals surface area contributed by atoms with E-state index < -0.39 is 40.9 Å². The van der Waals surface area contributed by atoms with Crippen LogP contribution in [0.3, 0.4) is 0 Å². The van der Waals surface area contributed by atoms with Gasteiger partial charge in [0.1, 0.15) is 18.5 Å². The first kappa shape index (κ1) is 16.3. The highest BCUT2D eigenvalue weighted by molar-refractivity contribution is 5.75. The van der Waals surface area contributed by atoms with Crippen LogP contribution in [0.1, 0.15) is 20.3 Å². The maximum absolute atomic E-state index is 12.5. The Bertz CT molecular complexity index is 615. The van der Waals surface area contributed by atoms with Crippen molar-refractivity contribution >= 4 is 5.97 Å². The molecule has 7 nitrogen and oxygen atoms in total. The van der Waals surface area contributed by atoms with Crippen molar-refractivity contribution in [2.75, 3.05) is 20.5 Å². The van der Waals surface area contributed by atoms with Crippen LogP contribution < -0.4 is 0 Å². The minimum absolute atomic E-state index is 0.0279. The number of carbonyl (C=O) groups excluding carboxylic acids is 1. The second kappa shape index (κ2) is 4.93. The van der Waals surface area contributed by atoms with E-state index in [9.17, 15) is 9.90 Å². The second-order valence-electron chi connectivity index (χ2n) is 7.48. The lowest BCUT2D eigenvalue weighted by molar-refractivity contribution is -0.221. The number of fused-ring (bicyclic) bond motifs is 3. The molecule has 0 amide bonds.